The SMILES string of the molecule is Cc1cc(NS(=O)(=O)c2ccc(O)c(N)c2)ncc1Br. The van der Waals surface area contributed by atoms with Crippen molar-refractivity contribution in [1.29, 1.82) is 0 Å². The minimum absolute atomic E-state index is 0.00665. The predicted molar refractivity (Wildman–Crippen MR) is 80.0 cm³/mol. The summed E-state index contributed by atoms with van der Waals surface area (Å²) in [4.78, 5) is 3.93. The first kappa shape index (κ1) is 14.6. The molecule has 0 aliphatic carbocycles. The van der Waals surface area contributed by atoms with Crippen LogP contribution >= 0.6 is 15.9 Å². The highest BCUT2D eigenvalue weighted by atomic mass is 79.9. The van der Waals surface area contributed by atoms with E-state index in [1.54, 1.807) is 6.07 Å². The van der Waals surface area contributed by atoms with Crippen LogP contribution in [0, 0.1) is 6.92 Å². The van der Waals surface area contributed by atoms with Crippen LogP contribution < -0.4 is 10.5 Å². The topological polar surface area (TPSA) is 105 Å². The number of hydrogen-bond acceptors (Lipinski definition) is 5. The molecule has 0 spiro atoms. The molecule has 0 amide bonds. The summed E-state index contributed by atoms with van der Waals surface area (Å²) in [5.41, 5.74) is 6.33. The van der Waals surface area contributed by atoms with Gasteiger partial charge in [0.25, 0.3) is 10.0 Å². The number of nitrogens with one attached hydrogen (secondary N) is 1. The molecule has 8 heteroatoms. The molecule has 0 aliphatic rings. The number of rotatable bonds is 3. The summed E-state index contributed by atoms with van der Waals surface area (Å²) in [5, 5.41) is 9.31. The second-order valence-corrected chi connectivity index (χ2v) is 6.68. The Morgan fingerprint density at radius 3 is 2.65 bits per heavy atom. The molecule has 0 unspecified atom stereocenters. The minimum atomic E-state index is -3.80. The fourth-order valence-electron chi connectivity index (χ4n) is 1.49. The minimum Gasteiger partial charge on any atom is -0.506 e. The van der Waals surface area contributed by atoms with Crippen molar-refractivity contribution in [3.05, 3.63) is 40.5 Å². The molecule has 0 atom stereocenters. The van der Waals surface area contributed by atoms with Gasteiger partial charge < -0.3 is 10.8 Å². The van der Waals surface area contributed by atoms with Crippen molar-refractivity contribution >= 4 is 37.5 Å². The number of nitrogen functional groups attached to an aromatic ring is 1. The van der Waals surface area contributed by atoms with Crippen molar-refractivity contribution in [3.8, 4) is 5.75 Å². The number of benzene rings is 1. The lowest BCUT2D eigenvalue weighted by molar-refractivity contribution is 0.477. The second kappa shape index (κ2) is 5.29. The zero-order chi connectivity index (χ0) is 14.9. The van der Waals surface area contributed by atoms with Crippen LogP contribution in [-0.4, -0.2) is 18.5 Å². The van der Waals surface area contributed by atoms with Crippen LogP contribution in [-0.2, 0) is 10.0 Å². The third kappa shape index (κ3) is 3.02. The Morgan fingerprint density at radius 2 is 2.05 bits per heavy atom. The summed E-state index contributed by atoms with van der Waals surface area (Å²) in [6.45, 7) is 1.82. The van der Waals surface area contributed by atoms with Crippen LogP contribution in [0.15, 0.2) is 39.8 Å². The molecule has 2 rings (SSSR count). The van der Waals surface area contributed by atoms with Crippen molar-refractivity contribution < 1.29 is 13.5 Å². The zero-order valence-corrected chi connectivity index (χ0v) is 12.9. The lowest BCUT2D eigenvalue weighted by Crippen LogP contribution is -2.14. The van der Waals surface area contributed by atoms with E-state index in [0.717, 1.165) is 10.0 Å². The quantitative estimate of drug-likeness (QED) is 0.577. The average molecular weight is 358 g/mol. The number of nitrogens with zero attached hydrogens (tertiary/aromatic N) is 1. The van der Waals surface area contributed by atoms with Gasteiger partial charge in [0.15, 0.2) is 0 Å². The fraction of sp³-hybridized carbons (Fsp3) is 0.0833. The van der Waals surface area contributed by atoms with Gasteiger partial charge in [-0.3, -0.25) is 4.72 Å². The number of phenolic OH excluding ortho intramolecular Hbond substituents is 1. The molecule has 4 N–H and O–H groups in total. The molecular formula is C12H12BrN3O3S. The number of anilines is 2. The summed E-state index contributed by atoms with van der Waals surface area (Å²) in [6, 6.07) is 5.28. The van der Waals surface area contributed by atoms with E-state index in [1.807, 2.05) is 6.92 Å². The zero-order valence-electron chi connectivity index (χ0n) is 10.5. The molecule has 0 aliphatic heterocycles. The summed E-state index contributed by atoms with van der Waals surface area (Å²) in [5.74, 6) is 0.0407. The maximum Gasteiger partial charge on any atom is 0.263 e. The first-order valence-corrected chi connectivity index (χ1v) is 7.80. The molecule has 1 heterocycles. The molecule has 0 saturated carbocycles. The standard InChI is InChI=1S/C12H12BrN3O3S/c1-7-4-12(15-6-9(7)13)16-20(18,19)8-2-3-11(17)10(14)5-8/h2-6,17H,14H2,1H3,(H,15,16). The van der Waals surface area contributed by atoms with Gasteiger partial charge in [-0.2, -0.15) is 0 Å². The van der Waals surface area contributed by atoms with Crippen molar-refractivity contribution in [3.63, 3.8) is 0 Å². The van der Waals surface area contributed by atoms with Crippen molar-refractivity contribution in [1.82, 2.24) is 4.98 Å². The Kier molecular flexibility index (Phi) is 3.87. The number of hydrogen-bond donors (Lipinski definition) is 3. The van der Waals surface area contributed by atoms with E-state index in [4.69, 9.17) is 5.73 Å². The number of sulfonamides is 1. The smallest absolute Gasteiger partial charge is 0.263 e. The van der Waals surface area contributed by atoms with Gasteiger partial charge >= 0.3 is 0 Å². The molecule has 0 saturated heterocycles. The Labute approximate surface area is 124 Å². The molecule has 106 valence electrons. The van der Waals surface area contributed by atoms with Gasteiger partial charge in [0.2, 0.25) is 0 Å². The van der Waals surface area contributed by atoms with Gasteiger partial charge in [-0.05, 0) is 52.7 Å². The molecule has 1 aromatic carbocycles. The highest BCUT2D eigenvalue weighted by molar-refractivity contribution is 9.10. The monoisotopic (exact) mass is 357 g/mol. The molecule has 20 heavy (non-hydrogen) atoms. The van der Waals surface area contributed by atoms with Crippen LogP contribution in [0.25, 0.3) is 0 Å². The number of aromatic nitrogens is 1. The second-order valence-electron chi connectivity index (χ2n) is 4.14. The number of phenols is 1. The maximum absolute atomic E-state index is 12.2. The van der Waals surface area contributed by atoms with E-state index in [0.29, 0.717) is 0 Å². The third-order valence-corrected chi connectivity index (χ3v) is 4.78. The molecule has 0 fully saturated rings. The fourth-order valence-corrected chi connectivity index (χ4v) is 2.74. The normalized spacial score (nSPS) is 11.3. The highest BCUT2D eigenvalue weighted by Crippen LogP contribution is 2.25. The molecular weight excluding hydrogens is 346 g/mol. The van der Waals surface area contributed by atoms with Gasteiger partial charge in [-0.1, -0.05) is 0 Å². The first-order chi connectivity index (χ1) is 9.29. The van der Waals surface area contributed by atoms with E-state index >= 15 is 0 Å². The molecule has 6 nitrogen and oxygen atoms in total. The molecule has 2 aromatic rings. The number of aromatic hydroxyl groups is 1. The van der Waals surface area contributed by atoms with Gasteiger partial charge in [0.05, 0.1) is 10.6 Å². The lowest BCUT2D eigenvalue weighted by atomic mass is 10.3. The van der Waals surface area contributed by atoms with Gasteiger partial charge in [-0.25, -0.2) is 13.4 Å². The van der Waals surface area contributed by atoms with Crippen LogP contribution in [0.4, 0.5) is 11.5 Å². The van der Waals surface area contributed by atoms with E-state index in [2.05, 4.69) is 25.6 Å². The largest absolute Gasteiger partial charge is 0.506 e. The van der Waals surface area contributed by atoms with Gasteiger partial charge in [-0.15, -0.1) is 0 Å². The van der Waals surface area contributed by atoms with E-state index in [9.17, 15) is 13.5 Å². The summed E-state index contributed by atoms with van der Waals surface area (Å²) >= 11 is 3.29. The van der Waals surface area contributed by atoms with Crippen LogP contribution in [0.3, 0.4) is 0 Å². The van der Waals surface area contributed by atoms with Gasteiger partial charge in [0, 0.05) is 10.7 Å². The number of aryl methyl sites for hydroxylation is 1. The van der Waals surface area contributed by atoms with Crippen molar-refractivity contribution in [2.24, 2.45) is 0 Å². The molecule has 0 bridgehead atoms. The van der Waals surface area contributed by atoms with Crippen LogP contribution in [0.1, 0.15) is 5.56 Å². The first-order valence-electron chi connectivity index (χ1n) is 5.53. The number of nitrogens with two attached hydrogens (primary N) is 1. The summed E-state index contributed by atoms with van der Waals surface area (Å²) in [6.07, 6.45) is 1.51. The predicted octanol–water partition coefficient (Wildman–Crippen LogP) is 2.24. The number of halogens is 1. The maximum atomic E-state index is 12.2. The van der Waals surface area contributed by atoms with E-state index in [1.165, 1.54) is 24.4 Å². The average Bonchev–Trinajstić information content (AvgIpc) is 2.37. The van der Waals surface area contributed by atoms with E-state index in [-0.39, 0.29) is 22.2 Å². The van der Waals surface area contributed by atoms with Crippen molar-refractivity contribution in [2.45, 2.75) is 11.8 Å². The highest BCUT2D eigenvalue weighted by Gasteiger charge is 2.16. The third-order valence-electron chi connectivity index (χ3n) is 2.60. The van der Waals surface area contributed by atoms with Crippen molar-refractivity contribution in [2.75, 3.05) is 10.5 Å². The lowest BCUT2D eigenvalue weighted by Gasteiger charge is -2.09. The van der Waals surface area contributed by atoms with Crippen LogP contribution in [0.2, 0.25) is 0 Å². The molecule has 0 radical (unpaired) electrons. The Balaban J connectivity index is 2.35. The van der Waals surface area contributed by atoms with E-state index < -0.39 is 10.0 Å². The Bertz CT molecular complexity index is 763. The molecule has 1 aromatic heterocycles. The Hall–Kier alpha value is -1.80. The summed E-state index contributed by atoms with van der Waals surface area (Å²) in [7, 11) is -3.80. The van der Waals surface area contributed by atoms with Gasteiger partial charge in [0.1, 0.15) is 11.6 Å². The summed E-state index contributed by atoms with van der Waals surface area (Å²) < 4.78 is 27.5. The van der Waals surface area contributed by atoms with Crippen LogP contribution in [0.5, 0.6) is 5.75 Å². The number of pyridine rings is 1. The Morgan fingerprint density at radius 1 is 1.35 bits per heavy atom.